The fourth-order valence-corrected chi connectivity index (χ4v) is 2.85. The summed E-state index contributed by atoms with van der Waals surface area (Å²) in [4.78, 5) is 0. The van der Waals surface area contributed by atoms with E-state index in [1.807, 2.05) is 0 Å². The number of hydrogen-bond donors (Lipinski definition) is 1. The van der Waals surface area contributed by atoms with Gasteiger partial charge in [0.2, 0.25) is 0 Å². The van der Waals surface area contributed by atoms with Crippen LogP contribution < -0.4 is 5.73 Å². The highest BCUT2D eigenvalue weighted by Gasteiger charge is 2.26. The molecule has 18 heavy (non-hydrogen) atoms. The molecule has 0 aromatic heterocycles. The van der Waals surface area contributed by atoms with Gasteiger partial charge in [-0.3, -0.25) is 0 Å². The quantitative estimate of drug-likeness (QED) is 0.798. The SMILES string of the molecule is CC1CCCC(C(N)c2cc(F)c(F)c(F)c2)C1. The van der Waals surface area contributed by atoms with Gasteiger partial charge in [-0.1, -0.05) is 19.8 Å². The zero-order valence-electron chi connectivity index (χ0n) is 10.4. The summed E-state index contributed by atoms with van der Waals surface area (Å²) < 4.78 is 39.2. The third kappa shape index (κ3) is 2.69. The molecule has 0 aliphatic heterocycles. The van der Waals surface area contributed by atoms with Gasteiger partial charge in [0.15, 0.2) is 17.5 Å². The molecule has 100 valence electrons. The Morgan fingerprint density at radius 2 is 1.78 bits per heavy atom. The van der Waals surface area contributed by atoms with Crippen molar-refractivity contribution >= 4 is 0 Å². The summed E-state index contributed by atoms with van der Waals surface area (Å²) >= 11 is 0. The third-order valence-corrected chi connectivity index (χ3v) is 3.88. The van der Waals surface area contributed by atoms with Crippen molar-refractivity contribution in [3.05, 3.63) is 35.1 Å². The second kappa shape index (κ2) is 5.31. The first kappa shape index (κ1) is 13.4. The largest absolute Gasteiger partial charge is 0.324 e. The molecule has 1 aromatic carbocycles. The highest BCUT2D eigenvalue weighted by Crippen LogP contribution is 2.36. The normalized spacial score (nSPS) is 26.1. The first-order valence-corrected chi connectivity index (χ1v) is 6.39. The second-order valence-corrected chi connectivity index (χ2v) is 5.36. The molecule has 0 saturated heterocycles. The Kier molecular flexibility index (Phi) is 3.95. The summed E-state index contributed by atoms with van der Waals surface area (Å²) in [6, 6.07) is 1.61. The van der Waals surface area contributed by atoms with Crippen LogP contribution in [-0.2, 0) is 0 Å². The van der Waals surface area contributed by atoms with Gasteiger partial charge < -0.3 is 5.73 Å². The number of halogens is 3. The summed E-state index contributed by atoms with van der Waals surface area (Å²) in [7, 11) is 0. The van der Waals surface area contributed by atoms with E-state index in [0.717, 1.165) is 31.4 Å². The minimum atomic E-state index is -1.43. The van der Waals surface area contributed by atoms with Crippen LogP contribution in [-0.4, -0.2) is 0 Å². The molecule has 4 heteroatoms. The van der Waals surface area contributed by atoms with Crippen LogP contribution in [0.1, 0.15) is 44.2 Å². The van der Waals surface area contributed by atoms with E-state index < -0.39 is 23.5 Å². The van der Waals surface area contributed by atoms with Gasteiger partial charge >= 0.3 is 0 Å². The monoisotopic (exact) mass is 257 g/mol. The zero-order chi connectivity index (χ0) is 13.3. The fourth-order valence-electron chi connectivity index (χ4n) is 2.85. The Labute approximate surface area is 105 Å². The Balaban J connectivity index is 2.20. The summed E-state index contributed by atoms with van der Waals surface area (Å²) in [5.74, 6) is -2.94. The Morgan fingerprint density at radius 3 is 2.33 bits per heavy atom. The predicted molar refractivity (Wildman–Crippen MR) is 64.4 cm³/mol. The summed E-state index contributed by atoms with van der Waals surface area (Å²) in [6.45, 7) is 2.16. The highest BCUT2D eigenvalue weighted by atomic mass is 19.2. The molecule has 2 rings (SSSR count). The van der Waals surface area contributed by atoms with E-state index in [1.54, 1.807) is 0 Å². The van der Waals surface area contributed by atoms with Crippen molar-refractivity contribution < 1.29 is 13.2 Å². The van der Waals surface area contributed by atoms with Crippen molar-refractivity contribution in [2.75, 3.05) is 0 Å². The minimum absolute atomic E-state index is 0.220. The van der Waals surface area contributed by atoms with Crippen LogP contribution in [0.4, 0.5) is 13.2 Å². The molecule has 1 saturated carbocycles. The van der Waals surface area contributed by atoms with Crippen LogP contribution in [0.15, 0.2) is 12.1 Å². The Bertz CT molecular complexity index is 410. The minimum Gasteiger partial charge on any atom is -0.324 e. The van der Waals surface area contributed by atoms with Crippen LogP contribution in [0.3, 0.4) is 0 Å². The van der Waals surface area contributed by atoms with Gasteiger partial charge in [-0.2, -0.15) is 0 Å². The van der Waals surface area contributed by atoms with Crippen LogP contribution in [0.25, 0.3) is 0 Å². The molecule has 1 fully saturated rings. The van der Waals surface area contributed by atoms with E-state index in [4.69, 9.17) is 5.73 Å². The number of hydrogen-bond acceptors (Lipinski definition) is 1. The first-order chi connectivity index (χ1) is 8.49. The Hall–Kier alpha value is -1.03. The number of benzene rings is 1. The van der Waals surface area contributed by atoms with Gasteiger partial charge in [0, 0.05) is 6.04 Å². The lowest BCUT2D eigenvalue weighted by Crippen LogP contribution is -2.26. The predicted octanol–water partition coefficient (Wildman–Crippen LogP) is 3.93. The van der Waals surface area contributed by atoms with E-state index in [-0.39, 0.29) is 5.92 Å². The molecule has 3 unspecified atom stereocenters. The zero-order valence-corrected chi connectivity index (χ0v) is 10.4. The molecule has 0 bridgehead atoms. The maximum absolute atomic E-state index is 13.2. The second-order valence-electron chi connectivity index (χ2n) is 5.36. The Morgan fingerprint density at radius 1 is 1.17 bits per heavy atom. The maximum atomic E-state index is 13.2. The van der Waals surface area contributed by atoms with Crippen molar-refractivity contribution in [1.82, 2.24) is 0 Å². The lowest BCUT2D eigenvalue weighted by Gasteiger charge is -2.31. The standard InChI is InChI=1S/C14H18F3N/c1-8-3-2-4-9(5-8)14(18)10-6-11(15)13(17)12(16)7-10/h6-9,14H,2-5,18H2,1H3. The van der Waals surface area contributed by atoms with Crippen molar-refractivity contribution in [2.24, 2.45) is 17.6 Å². The van der Waals surface area contributed by atoms with Gasteiger partial charge in [0.25, 0.3) is 0 Å². The van der Waals surface area contributed by atoms with Gasteiger partial charge in [0.1, 0.15) is 0 Å². The van der Waals surface area contributed by atoms with E-state index in [9.17, 15) is 13.2 Å². The average molecular weight is 257 g/mol. The lowest BCUT2D eigenvalue weighted by molar-refractivity contribution is 0.247. The molecule has 0 heterocycles. The molecule has 1 nitrogen and oxygen atoms in total. The van der Waals surface area contributed by atoms with Crippen LogP contribution >= 0.6 is 0 Å². The summed E-state index contributed by atoms with van der Waals surface area (Å²) in [6.07, 6.45) is 4.19. The molecule has 0 spiro atoms. The van der Waals surface area contributed by atoms with E-state index in [0.29, 0.717) is 11.5 Å². The molecule has 0 radical (unpaired) electrons. The van der Waals surface area contributed by atoms with Gasteiger partial charge in [0.05, 0.1) is 0 Å². The summed E-state index contributed by atoms with van der Waals surface area (Å²) in [5, 5.41) is 0. The van der Waals surface area contributed by atoms with Crippen molar-refractivity contribution in [3.8, 4) is 0 Å². The molecule has 1 aromatic rings. The molecular weight excluding hydrogens is 239 g/mol. The molecular formula is C14H18F3N. The topological polar surface area (TPSA) is 26.0 Å². The number of nitrogens with two attached hydrogens (primary N) is 1. The van der Waals surface area contributed by atoms with Gasteiger partial charge in [-0.25, -0.2) is 13.2 Å². The van der Waals surface area contributed by atoms with Gasteiger partial charge in [-0.15, -0.1) is 0 Å². The molecule has 3 atom stereocenters. The lowest BCUT2D eigenvalue weighted by atomic mass is 9.77. The van der Waals surface area contributed by atoms with Crippen LogP contribution in [0.2, 0.25) is 0 Å². The van der Waals surface area contributed by atoms with Crippen molar-refractivity contribution in [3.63, 3.8) is 0 Å². The van der Waals surface area contributed by atoms with E-state index >= 15 is 0 Å². The van der Waals surface area contributed by atoms with Gasteiger partial charge in [-0.05, 0) is 42.4 Å². The van der Waals surface area contributed by atoms with Crippen LogP contribution in [0.5, 0.6) is 0 Å². The molecule has 0 amide bonds. The maximum Gasteiger partial charge on any atom is 0.194 e. The highest BCUT2D eigenvalue weighted by molar-refractivity contribution is 5.23. The molecule has 1 aliphatic carbocycles. The average Bonchev–Trinajstić information content (AvgIpc) is 2.34. The fraction of sp³-hybridized carbons (Fsp3) is 0.571. The third-order valence-electron chi connectivity index (χ3n) is 3.88. The first-order valence-electron chi connectivity index (χ1n) is 6.39. The smallest absolute Gasteiger partial charge is 0.194 e. The summed E-state index contributed by atoms with van der Waals surface area (Å²) in [5.41, 5.74) is 6.42. The van der Waals surface area contributed by atoms with Crippen molar-refractivity contribution in [1.29, 1.82) is 0 Å². The van der Waals surface area contributed by atoms with E-state index in [2.05, 4.69) is 6.92 Å². The van der Waals surface area contributed by atoms with Crippen LogP contribution in [0, 0.1) is 29.3 Å². The molecule has 1 aliphatic rings. The molecule has 2 N–H and O–H groups in total. The van der Waals surface area contributed by atoms with E-state index in [1.165, 1.54) is 6.42 Å². The number of rotatable bonds is 2. The van der Waals surface area contributed by atoms with Crippen molar-refractivity contribution in [2.45, 2.75) is 38.6 Å².